The molecule has 4 nitrogen and oxygen atoms in total. The Morgan fingerprint density at radius 1 is 1.23 bits per heavy atom. The molecule has 0 radical (unpaired) electrons. The highest BCUT2D eigenvalue weighted by molar-refractivity contribution is 5.72. The van der Waals surface area contributed by atoms with E-state index >= 15 is 0 Å². The van der Waals surface area contributed by atoms with Gasteiger partial charge in [-0.25, -0.2) is 4.79 Å². The molecule has 1 aliphatic rings. The van der Waals surface area contributed by atoms with Gasteiger partial charge in [-0.1, -0.05) is 30.3 Å². The minimum atomic E-state index is -0.722. The van der Waals surface area contributed by atoms with Crippen molar-refractivity contribution in [1.82, 2.24) is 0 Å². The zero-order valence-corrected chi connectivity index (χ0v) is 12.5. The molecule has 1 unspecified atom stereocenters. The Balaban J connectivity index is 2.03. The molecule has 0 saturated heterocycles. The molecule has 0 heterocycles. The van der Waals surface area contributed by atoms with Crippen molar-refractivity contribution >= 4 is 6.09 Å². The molecule has 1 aliphatic carbocycles. The van der Waals surface area contributed by atoms with E-state index in [2.05, 4.69) is 18.2 Å². The summed E-state index contributed by atoms with van der Waals surface area (Å²) in [6.07, 6.45) is 1.83. The standard InChI is InChI=1S/C18H19NO3/c1-21-16-7-3-2-6-14(16)13-10-9-12-5-4-8-17(15(12)11-13)22-18(19)20/h2-3,6-7,9-11,17H,4-5,8H2,1H3,(H2,19,20). The van der Waals surface area contributed by atoms with Crippen LogP contribution in [0.1, 0.15) is 30.1 Å². The number of methoxy groups -OCH3 is 1. The number of hydrogen-bond acceptors (Lipinski definition) is 3. The lowest BCUT2D eigenvalue weighted by Crippen LogP contribution is -2.20. The number of fused-ring (bicyclic) bond motifs is 1. The Kier molecular flexibility index (Phi) is 4.00. The van der Waals surface area contributed by atoms with Gasteiger partial charge in [0.1, 0.15) is 11.9 Å². The molecule has 2 N–H and O–H groups in total. The van der Waals surface area contributed by atoms with Crippen molar-refractivity contribution in [2.75, 3.05) is 7.11 Å². The number of para-hydroxylation sites is 1. The maximum Gasteiger partial charge on any atom is 0.405 e. The van der Waals surface area contributed by atoms with Crippen LogP contribution >= 0.6 is 0 Å². The molecular weight excluding hydrogens is 278 g/mol. The minimum absolute atomic E-state index is 0.254. The van der Waals surface area contributed by atoms with Gasteiger partial charge < -0.3 is 15.2 Å². The number of primary amides is 1. The normalized spacial score (nSPS) is 16.7. The summed E-state index contributed by atoms with van der Waals surface area (Å²) in [6, 6.07) is 14.2. The summed E-state index contributed by atoms with van der Waals surface area (Å²) in [5.74, 6) is 0.825. The van der Waals surface area contributed by atoms with Crippen molar-refractivity contribution in [3.8, 4) is 16.9 Å². The molecule has 114 valence electrons. The largest absolute Gasteiger partial charge is 0.496 e. The van der Waals surface area contributed by atoms with Crippen LogP contribution in [0, 0.1) is 0 Å². The van der Waals surface area contributed by atoms with Gasteiger partial charge in [-0.05, 0) is 48.1 Å². The van der Waals surface area contributed by atoms with Gasteiger partial charge in [0.25, 0.3) is 0 Å². The molecular formula is C18H19NO3. The Hall–Kier alpha value is -2.49. The van der Waals surface area contributed by atoms with Crippen LogP contribution in [0.15, 0.2) is 42.5 Å². The van der Waals surface area contributed by atoms with Gasteiger partial charge in [0.2, 0.25) is 0 Å². The fraction of sp³-hybridized carbons (Fsp3) is 0.278. The first-order valence-electron chi connectivity index (χ1n) is 7.41. The van der Waals surface area contributed by atoms with E-state index in [4.69, 9.17) is 15.2 Å². The van der Waals surface area contributed by atoms with E-state index in [1.54, 1.807) is 7.11 Å². The first-order valence-corrected chi connectivity index (χ1v) is 7.41. The van der Waals surface area contributed by atoms with E-state index in [9.17, 15) is 4.79 Å². The highest BCUT2D eigenvalue weighted by Gasteiger charge is 2.23. The molecule has 0 saturated carbocycles. The summed E-state index contributed by atoms with van der Waals surface area (Å²) >= 11 is 0. The lowest BCUT2D eigenvalue weighted by Gasteiger charge is -2.25. The number of benzene rings is 2. The maximum absolute atomic E-state index is 11.1. The predicted octanol–water partition coefficient (Wildman–Crippen LogP) is 3.83. The van der Waals surface area contributed by atoms with E-state index in [1.165, 1.54) is 5.56 Å². The average molecular weight is 297 g/mol. The van der Waals surface area contributed by atoms with Crippen LogP contribution < -0.4 is 10.5 Å². The van der Waals surface area contributed by atoms with Crippen molar-refractivity contribution in [2.24, 2.45) is 5.73 Å². The number of nitrogens with two attached hydrogens (primary N) is 1. The zero-order valence-electron chi connectivity index (χ0n) is 12.5. The molecule has 4 heteroatoms. The molecule has 1 atom stereocenters. The van der Waals surface area contributed by atoms with Crippen molar-refractivity contribution < 1.29 is 14.3 Å². The number of amides is 1. The van der Waals surface area contributed by atoms with Crippen molar-refractivity contribution in [1.29, 1.82) is 0 Å². The zero-order chi connectivity index (χ0) is 15.5. The van der Waals surface area contributed by atoms with Gasteiger partial charge in [0, 0.05) is 5.56 Å². The smallest absolute Gasteiger partial charge is 0.405 e. The monoisotopic (exact) mass is 297 g/mol. The van der Waals surface area contributed by atoms with E-state index in [1.807, 2.05) is 24.3 Å². The third-order valence-corrected chi connectivity index (χ3v) is 4.08. The summed E-state index contributed by atoms with van der Waals surface area (Å²) in [5.41, 5.74) is 9.54. The summed E-state index contributed by atoms with van der Waals surface area (Å²) in [7, 11) is 1.66. The highest BCUT2D eigenvalue weighted by atomic mass is 16.6. The minimum Gasteiger partial charge on any atom is -0.496 e. The number of carbonyl (C=O) groups excluding carboxylic acids is 1. The van der Waals surface area contributed by atoms with E-state index in [-0.39, 0.29) is 6.10 Å². The lowest BCUT2D eigenvalue weighted by atomic mass is 9.87. The Morgan fingerprint density at radius 3 is 2.82 bits per heavy atom. The van der Waals surface area contributed by atoms with Crippen LogP contribution in [0.5, 0.6) is 5.75 Å². The second-order valence-corrected chi connectivity index (χ2v) is 5.43. The fourth-order valence-corrected chi connectivity index (χ4v) is 3.07. The first-order chi connectivity index (χ1) is 10.7. The van der Waals surface area contributed by atoms with E-state index < -0.39 is 6.09 Å². The Bertz CT molecular complexity index is 696. The molecule has 3 rings (SSSR count). The van der Waals surface area contributed by atoms with Gasteiger partial charge in [-0.3, -0.25) is 0 Å². The quantitative estimate of drug-likeness (QED) is 0.936. The summed E-state index contributed by atoms with van der Waals surface area (Å²) in [6.45, 7) is 0. The molecule has 0 bridgehead atoms. The van der Waals surface area contributed by atoms with Crippen LogP contribution in [-0.2, 0) is 11.2 Å². The van der Waals surface area contributed by atoms with Crippen LogP contribution in [0.3, 0.4) is 0 Å². The van der Waals surface area contributed by atoms with Crippen LogP contribution in [-0.4, -0.2) is 13.2 Å². The second kappa shape index (κ2) is 6.10. The molecule has 0 aliphatic heterocycles. The van der Waals surface area contributed by atoms with Gasteiger partial charge >= 0.3 is 6.09 Å². The fourth-order valence-electron chi connectivity index (χ4n) is 3.07. The number of hydrogen-bond donors (Lipinski definition) is 1. The van der Waals surface area contributed by atoms with Gasteiger partial charge in [0.15, 0.2) is 0 Å². The predicted molar refractivity (Wildman–Crippen MR) is 84.8 cm³/mol. The van der Waals surface area contributed by atoms with Crippen LogP contribution in [0.4, 0.5) is 4.79 Å². The molecule has 0 fully saturated rings. The van der Waals surface area contributed by atoms with Crippen molar-refractivity contribution in [2.45, 2.75) is 25.4 Å². The molecule has 0 aromatic heterocycles. The number of aryl methyl sites for hydroxylation is 1. The Morgan fingerprint density at radius 2 is 2.05 bits per heavy atom. The number of carbonyl (C=O) groups is 1. The van der Waals surface area contributed by atoms with Gasteiger partial charge in [0.05, 0.1) is 7.11 Å². The molecule has 0 spiro atoms. The average Bonchev–Trinajstić information content (AvgIpc) is 2.54. The van der Waals surface area contributed by atoms with Gasteiger partial charge in [-0.15, -0.1) is 0 Å². The summed E-state index contributed by atoms with van der Waals surface area (Å²) in [4.78, 5) is 11.1. The third-order valence-electron chi connectivity index (χ3n) is 4.08. The number of rotatable bonds is 3. The molecule has 22 heavy (non-hydrogen) atoms. The highest BCUT2D eigenvalue weighted by Crippen LogP contribution is 2.37. The van der Waals surface area contributed by atoms with Gasteiger partial charge in [-0.2, -0.15) is 0 Å². The SMILES string of the molecule is COc1ccccc1-c1ccc2c(c1)C(OC(N)=O)CCC2. The molecule has 1 amide bonds. The van der Waals surface area contributed by atoms with Crippen molar-refractivity contribution in [3.63, 3.8) is 0 Å². The summed E-state index contributed by atoms with van der Waals surface area (Å²) in [5, 5.41) is 0. The van der Waals surface area contributed by atoms with E-state index in [0.29, 0.717) is 0 Å². The molecule has 2 aromatic carbocycles. The van der Waals surface area contributed by atoms with Crippen molar-refractivity contribution in [3.05, 3.63) is 53.6 Å². The van der Waals surface area contributed by atoms with Crippen LogP contribution in [0.25, 0.3) is 11.1 Å². The van der Waals surface area contributed by atoms with E-state index in [0.717, 1.165) is 41.7 Å². The first kappa shape index (κ1) is 14.4. The topological polar surface area (TPSA) is 61.6 Å². The summed E-state index contributed by atoms with van der Waals surface area (Å²) < 4.78 is 10.7. The Labute approximate surface area is 129 Å². The maximum atomic E-state index is 11.1. The lowest BCUT2D eigenvalue weighted by molar-refractivity contribution is 0.0959. The number of ether oxygens (including phenoxy) is 2. The van der Waals surface area contributed by atoms with Crippen LogP contribution in [0.2, 0.25) is 0 Å². The molecule has 2 aromatic rings. The third kappa shape index (κ3) is 2.77. The second-order valence-electron chi connectivity index (χ2n) is 5.43.